The minimum Gasteiger partial charge on any atom is -0.326 e. The zero-order valence-corrected chi connectivity index (χ0v) is 11.9. The van der Waals surface area contributed by atoms with Crippen LogP contribution in [-0.4, -0.2) is 10.9 Å². The second-order valence-electron chi connectivity index (χ2n) is 5.44. The topological polar surface area (TPSA) is 42.0 Å². The first-order chi connectivity index (χ1) is 8.97. The molecule has 1 aromatic heterocycles. The highest BCUT2D eigenvalue weighted by Crippen LogP contribution is 2.21. The maximum absolute atomic E-state index is 11.7. The molecule has 0 radical (unpaired) electrons. The van der Waals surface area contributed by atoms with E-state index in [0.717, 1.165) is 22.3 Å². The number of aromatic nitrogens is 1. The van der Waals surface area contributed by atoms with Crippen LogP contribution in [0.3, 0.4) is 0 Å². The van der Waals surface area contributed by atoms with Crippen molar-refractivity contribution in [1.82, 2.24) is 4.98 Å². The van der Waals surface area contributed by atoms with Crippen LogP contribution in [-0.2, 0) is 4.79 Å². The van der Waals surface area contributed by atoms with Crippen LogP contribution in [0.1, 0.15) is 39.3 Å². The van der Waals surface area contributed by atoms with Gasteiger partial charge in [0, 0.05) is 22.7 Å². The molecule has 0 fully saturated rings. The third kappa shape index (κ3) is 3.11. The molecule has 0 saturated carbocycles. The second kappa shape index (κ2) is 5.39. The SMILES string of the molecule is CC(C)C(=O)Nc1ccc2nc(C(C)C)ccc2c1. The van der Waals surface area contributed by atoms with Crippen LogP contribution in [0.25, 0.3) is 10.9 Å². The molecule has 19 heavy (non-hydrogen) atoms. The molecule has 1 aromatic carbocycles. The van der Waals surface area contributed by atoms with Crippen LogP contribution in [0.5, 0.6) is 0 Å². The number of benzene rings is 1. The number of fused-ring (bicyclic) bond motifs is 1. The number of anilines is 1. The smallest absolute Gasteiger partial charge is 0.226 e. The molecule has 2 rings (SSSR count). The number of amides is 1. The van der Waals surface area contributed by atoms with Gasteiger partial charge in [-0.15, -0.1) is 0 Å². The third-order valence-corrected chi connectivity index (χ3v) is 3.09. The Kier molecular flexibility index (Phi) is 3.84. The number of nitrogens with one attached hydrogen (secondary N) is 1. The van der Waals surface area contributed by atoms with Crippen molar-refractivity contribution in [3.8, 4) is 0 Å². The van der Waals surface area contributed by atoms with Gasteiger partial charge in [0.15, 0.2) is 0 Å². The van der Waals surface area contributed by atoms with E-state index in [1.165, 1.54) is 0 Å². The summed E-state index contributed by atoms with van der Waals surface area (Å²) in [6.45, 7) is 8.02. The van der Waals surface area contributed by atoms with Gasteiger partial charge in [0.05, 0.1) is 5.52 Å². The molecule has 3 nitrogen and oxygen atoms in total. The molecule has 100 valence electrons. The zero-order valence-electron chi connectivity index (χ0n) is 11.9. The highest BCUT2D eigenvalue weighted by molar-refractivity contribution is 5.94. The molecule has 0 saturated heterocycles. The molecule has 0 aliphatic heterocycles. The number of rotatable bonds is 3. The van der Waals surface area contributed by atoms with Gasteiger partial charge in [-0.1, -0.05) is 33.8 Å². The molecular formula is C16H20N2O. The molecule has 0 aliphatic rings. The van der Waals surface area contributed by atoms with Crippen LogP contribution in [0.2, 0.25) is 0 Å². The largest absolute Gasteiger partial charge is 0.326 e. The fraction of sp³-hybridized carbons (Fsp3) is 0.375. The van der Waals surface area contributed by atoms with Crippen molar-refractivity contribution in [3.63, 3.8) is 0 Å². The van der Waals surface area contributed by atoms with Gasteiger partial charge in [-0.25, -0.2) is 0 Å². The first-order valence-corrected chi connectivity index (χ1v) is 6.69. The summed E-state index contributed by atoms with van der Waals surface area (Å²) in [6.07, 6.45) is 0. The van der Waals surface area contributed by atoms with Crippen molar-refractivity contribution >= 4 is 22.5 Å². The molecule has 2 aromatic rings. The van der Waals surface area contributed by atoms with Gasteiger partial charge in [0.1, 0.15) is 0 Å². The minimum absolute atomic E-state index is 0.0165. The molecule has 3 heteroatoms. The Morgan fingerprint density at radius 1 is 1.11 bits per heavy atom. The van der Waals surface area contributed by atoms with Gasteiger partial charge >= 0.3 is 0 Å². The number of carbonyl (C=O) groups excluding carboxylic acids is 1. The fourth-order valence-electron chi connectivity index (χ4n) is 1.83. The van der Waals surface area contributed by atoms with Gasteiger partial charge < -0.3 is 5.32 Å². The first-order valence-electron chi connectivity index (χ1n) is 6.69. The van der Waals surface area contributed by atoms with Crippen molar-refractivity contribution < 1.29 is 4.79 Å². The third-order valence-electron chi connectivity index (χ3n) is 3.09. The molecule has 1 amide bonds. The lowest BCUT2D eigenvalue weighted by Gasteiger charge is -2.10. The Balaban J connectivity index is 2.31. The summed E-state index contributed by atoms with van der Waals surface area (Å²) in [5.41, 5.74) is 2.88. The van der Waals surface area contributed by atoms with E-state index >= 15 is 0 Å². The van der Waals surface area contributed by atoms with Crippen LogP contribution >= 0.6 is 0 Å². The Bertz CT molecular complexity index is 603. The van der Waals surface area contributed by atoms with Crippen molar-refractivity contribution in [1.29, 1.82) is 0 Å². The van der Waals surface area contributed by atoms with E-state index in [4.69, 9.17) is 0 Å². The van der Waals surface area contributed by atoms with Crippen LogP contribution < -0.4 is 5.32 Å². The molecule has 1 heterocycles. The molecule has 0 spiro atoms. The average Bonchev–Trinajstić information content (AvgIpc) is 2.37. The zero-order chi connectivity index (χ0) is 14.0. The van der Waals surface area contributed by atoms with Crippen molar-refractivity contribution in [3.05, 3.63) is 36.0 Å². The molecule has 0 unspecified atom stereocenters. The first kappa shape index (κ1) is 13.5. The molecule has 0 bridgehead atoms. The minimum atomic E-state index is -0.0165. The van der Waals surface area contributed by atoms with Crippen LogP contribution in [0.15, 0.2) is 30.3 Å². The van der Waals surface area contributed by atoms with Gasteiger partial charge in [0.25, 0.3) is 0 Å². The number of pyridine rings is 1. The van der Waals surface area contributed by atoms with E-state index in [-0.39, 0.29) is 11.8 Å². The predicted molar refractivity (Wildman–Crippen MR) is 79.3 cm³/mol. The summed E-state index contributed by atoms with van der Waals surface area (Å²) in [7, 11) is 0. The number of hydrogen-bond donors (Lipinski definition) is 1. The van der Waals surface area contributed by atoms with Gasteiger partial charge in [-0.05, 0) is 30.2 Å². The lowest BCUT2D eigenvalue weighted by atomic mass is 10.1. The highest BCUT2D eigenvalue weighted by atomic mass is 16.1. The second-order valence-corrected chi connectivity index (χ2v) is 5.44. The maximum Gasteiger partial charge on any atom is 0.226 e. The standard InChI is InChI=1S/C16H20N2O/c1-10(2)14-7-5-12-9-13(6-8-15(12)18-14)17-16(19)11(3)4/h5-11H,1-4H3,(H,17,19). The summed E-state index contributed by atoms with van der Waals surface area (Å²) in [4.78, 5) is 16.3. The lowest BCUT2D eigenvalue weighted by molar-refractivity contribution is -0.118. The summed E-state index contributed by atoms with van der Waals surface area (Å²) in [6, 6.07) is 9.92. The highest BCUT2D eigenvalue weighted by Gasteiger charge is 2.08. The van der Waals surface area contributed by atoms with Crippen LogP contribution in [0.4, 0.5) is 5.69 Å². The Labute approximate surface area is 114 Å². The summed E-state index contributed by atoms with van der Waals surface area (Å²) in [5.74, 6) is 0.438. The normalized spacial score (nSPS) is 11.3. The quantitative estimate of drug-likeness (QED) is 0.903. The van der Waals surface area contributed by atoms with Gasteiger partial charge in [-0.2, -0.15) is 0 Å². The number of hydrogen-bond acceptors (Lipinski definition) is 2. The molecular weight excluding hydrogens is 236 g/mol. The van der Waals surface area contributed by atoms with Gasteiger partial charge in [0.2, 0.25) is 5.91 Å². The van der Waals surface area contributed by atoms with Crippen LogP contribution in [0, 0.1) is 5.92 Å². The summed E-state index contributed by atoms with van der Waals surface area (Å²) in [5, 5.41) is 3.95. The lowest BCUT2D eigenvalue weighted by Crippen LogP contribution is -2.17. The van der Waals surface area contributed by atoms with Crippen molar-refractivity contribution in [2.45, 2.75) is 33.6 Å². The van der Waals surface area contributed by atoms with E-state index in [1.807, 2.05) is 38.1 Å². The van der Waals surface area contributed by atoms with E-state index in [1.54, 1.807) is 0 Å². The molecule has 0 atom stereocenters. The van der Waals surface area contributed by atoms with E-state index in [0.29, 0.717) is 5.92 Å². The van der Waals surface area contributed by atoms with E-state index in [9.17, 15) is 4.79 Å². The predicted octanol–water partition coefficient (Wildman–Crippen LogP) is 3.95. The number of carbonyl (C=O) groups is 1. The van der Waals surface area contributed by atoms with Crippen molar-refractivity contribution in [2.24, 2.45) is 5.92 Å². The Morgan fingerprint density at radius 3 is 2.47 bits per heavy atom. The molecule has 1 N–H and O–H groups in total. The monoisotopic (exact) mass is 256 g/mol. The molecule has 0 aliphatic carbocycles. The van der Waals surface area contributed by atoms with Gasteiger partial charge in [-0.3, -0.25) is 9.78 Å². The van der Waals surface area contributed by atoms with E-state index < -0.39 is 0 Å². The van der Waals surface area contributed by atoms with Crippen molar-refractivity contribution in [2.75, 3.05) is 5.32 Å². The summed E-state index contributed by atoms with van der Waals surface area (Å²) >= 11 is 0. The number of nitrogens with zero attached hydrogens (tertiary/aromatic N) is 1. The summed E-state index contributed by atoms with van der Waals surface area (Å²) < 4.78 is 0. The maximum atomic E-state index is 11.7. The Hall–Kier alpha value is -1.90. The average molecular weight is 256 g/mol. The Morgan fingerprint density at radius 2 is 1.84 bits per heavy atom. The van der Waals surface area contributed by atoms with E-state index in [2.05, 4.69) is 30.2 Å². The fourth-order valence-corrected chi connectivity index (χ4v) is 1.83.